The first kappa shape index (κ1) is 37.0. The van der Waals surface area contributed by atoms with Crippen LogP contribution in [0, 0.1) is 0 Å². The fourth-order valence-electron chi connectivity index (χ4n) is 5.92. The van der Waals surface area contributed by atoms with E-state index in [0.29, 0.717) is 42.3 Å². The lowest BCUT2D eigenvalue weighted by Crippen LogP contribution is -2.50. The van der Waals surface area contributed by atoms with Crippen LogP contribution >= 0.6 is 21.6 Å². The third kappa shape index (κ3) is 9.69. The number of hydroxylamine groups is 2. The molecule has 1 heterocycles. The molecule has 5 rings (SSSR count). The molecule has 1 aliphatic carbocycles. The Hall–Kier alpha value is -4.29. The molecule has 10 nitrogen and oxygen atoms in total. The highest BCUT2D eigenvalue weighted by Gasteiger charge is 2.33. The van der Waals surface area contributed by atoms with Crippen LogP contribution in [-0.4, -0.2) is 64.5 Å². The summed E-state index contributed by atoms with van der Waals surface area (Å²) in [6.45, 7) is 6.75. The van der Waals surface area contributed by atoms with E-state index in [1.807, 2.05) is 54.6 Å². The number of para-hydroxylation sites is 1. The molecule has 0 saturated carbocycles. The molecule has 1 fully saturated rings. The third-order valence-electron chi connectivity index (χ3n) is 8.27. The highest BCUT2D eigenvalue weighted by Crippen LogP contribution is 2.44. The van der Waals surface area contributed by atoms with Crippen LogP contribution in [0.3, 0.4) is 0 Å². The predicted octanol–water partition coefficient (Wildman–Crippen LogP) is 7.27. The van der Waals surface area contributed by atoms with Gasteiger partial charge in [-0.05, 0) is 47.2 Å². The van der Waals surface area contributed by atoms with Crippen LogP contribution in [-0.2, 0) is 28.8 Å². The Morgan fingerprint density at radius 3 is 2.08 bits per heavy atom. The van der Waals surface area contributed by atoms with Crippen molar-refractivity contribution in [2.75, 3.05) is 23.8 Å². The number of alkyl carbamates (subject to hydrolysis) is 1. The lowest BCUT2D eigenvalue weighted by Gasteiger charge is -2.28. The first-order valence-electron chi connectivity index (χ1n) is 16.9. The maximum Gasteiger partial charge on any atom is 0.407 e. The van der Waals surface area contributed by atoms with Gasteiger partial charge in [0.15, 0.2) is 0 Å². The van der Waals surface area contributed by atoms with Crippen molar-refractivity contribution in [3.05, 3.63) is 90.0 Å². The number of rotatable bonds is 15. The molecule has 1 atom stereocenters. The number of carbonyl (C=O) groups excluding carboxylic acids is 5. The molecule has 2 aliphatic rings. The van der Waals surface area contributed by atoms with E-state index in [1.165, 1.54) is 10.8 Å². The quantitative estimate of drug-likeness (QED) is 0.0983. The van der Waals surface area contributed by atoms with Gasteiger partial charge in [-0.3, -0.25) is 14.4 Å². The Morgan fingerprint density at radius 1 is 0.860 bits per heavy atom. The van der Waals surface area contributed by atoms with Crippen molar-refractivity contribution in [1.82, 2.24) is 10.4 Å². The summed E-state index contributed by atoms with van der Waals surface area (Å²) in [4.78, 5) is 70.0. The molecule has 264 valence electrons. The van der Waals surface area contributed by atoms with Gasteiger partial charge in [-0.25, -0.2) is 9.59 Å². The second-order valence-corrected chi connectivity index (χ2v) is 16.4. The zero-order valence-electron chi connectivity index (χ0n) is 28.6. The SMILES string of the molecule is CC(C)(C)SSCC(NC(=O)OCC1c2ccccc2-c2ccccc21)C(=O)N(CCCCCC(=O)ON1C(=O)CCC1=O)c1ccccc1. The second-order valence-electron chi connectivity index (χ2n) is 13.2. The molecule has 1 unspecified atom stereocenters. The summed E-state index contributed by atoms with van der Waals surface area (Å²) in [5.74, 6) is -1.72. The van der Waals surface area contributed by atoms with E-state index < -0.39 is 29.9 Å². The minimum Gasteiger partial charge on any atom is -0.449 e. The number of ether oxygens (including phenoxy) is 1. The van der Waals surface area contributed by atoms with Gasteiger partial charge >= 0.3 is 12.1 Å². The number of benzene rings is 3. The van der Waals surface area contributed by atoms with Crippen molar-refractivity contribution in [3.8, 4) is 11.1 Å². The predicted molar refractivity (Wildman–Crippen MR) is 196 cm³/mol. The van der Waals surface area contributed by atoms with Crippen molar-refractivity contribution >= 4 is 57.1 Å². The zero-order valence-corrected chi connectivity index (χ0v) is 30.2. The fraction of sp³-hybridized carbons (Fsp3) is 0.395. The van der Waals surface area contributed by atoms with Crippen molar-refractivity contribution in [2.45, 2.75) is 76.0 Å². The normalized spacial score (nSPS) is 14.6. The topological polar surface area (TPSA) is 122 Å². The Kier molecular flexibility index (Phi) is 12.6. The van der Waals surface area contributed by atoms with Gasteiger partial charge in [-0.15, -0.1) is 5.06 Å². The van der Waals surface area contributed by atoms with E-state index >= 15 is 0 Å². The molecule has 12 heteroatoms. The molecule has 1 N–H and O–H groups in total. The standard InChI is InChI=1S/C38H43N3O7S2/c1-38(2,3)50-49-25-32(39-37(46)47-24-31-29-18-11-9-16-27(29)28-17-10-12-19-30(28)31)36(45)40(26-14-6-4-7-15-26)23-13-5-8-20-35(44)48-41-33(42)21-22-34(41)43/h4,6-7,9-12,14-19,31-32H,5,8,13,20-25H2,1-3H3,(H,39,46). The summed E-state index contributed by atoms with van der Waals surface area (Å²) in [5.41, 5.74) is 5.16. The maximum atomic E-state index is 14.2. The Bertz CT molecular complexity index is 1630. The lowest BCUT2D eigenvalue weighted by molar-refractivity contribution is -0.197. The second kappa shape index (κ2) is 17.1. The molecular weight excluding hydrogens is 675 g/mol. The molecule has 4 amide bonds. The van der Waals surface area contributed by atoms with E-state index in [0.717, 1.165) is 22.3 Å². The summed E-state index contributed by atoms with van der Waals surface area (Å²) >= 11 is 0. The van der Waals surface area contributed by atoms with Gasteiger partial charge in [0.05, 0.1) is 0 Å². The van der Waals surface area contributed by atoms with Crippen LogP contribution in [0.15, 0.2) is 78.9 Å². The Balaban J connectivity index is 1.22. The molecule has 1 aliphatic heterocycles. The van der Waals surface area contributed by atoms with Gasteiger partial charge in [-0.1, -0.05) is 116 Å². The maximum absolute atomic E-state index is 14.2. The molecule has 1 saturated heterocycles. The van der Waals surface area contributed by atoms with Gasteiger partial charge < -0.3 is 19.8 Å². The third-order valence-corrected chi connectivity index (χ3v) is 11.6. The van der Waals surface area contributed by atoms with E-state index in [1.54, 1.807) is 15.7 Å². The molecular formula is C38H43N3O7S2. The highest BCUT2D eigenvalue weighted by atomic mass is 33.1. The number of carbonyl (C=O) groups is 5. The van der Waals surface area contributed by atoms with E-state index in [2.05, 4.69) is 50.4 Å². The molecule has 50 heavy (non-hydrogen) atoms. The Labute approximate surface area is 301 Å². The largest absolute Gasteiger partial charge is 0.449 e. The van der Waals surface area contributed by atoms with Gasteiger partial charge in [0.25, 0.3) is 17.7 Å². The van der Waals surface area contributed by atoms with E-state index in [4.69, 9.17) is 9.57 Å². The van der Waals surface area contributed by atoms with Gasteiger partial charge in [0, 0.05) is 47.9 Å². The Morgan fingerprint density at radius 2 is 1.46 bits per heavy atom. The first-order chi connectivity index (χ1) is 24.0. The zero-order chi connectivity index (χ0) is 35.7. The van der Waals surface area contributed by atoms with Gasteiger partial charge in [0.1, 0.15) is 12.6 Å². The first-order valence-corrected chi connectivity index (χ1v) is 19.2. The van der Waals surface area contributed by atoms with Gasteiger partial charge in [0.2, 0.25) is 0 Å². The summed E-state index contributed by atoms with van der Waals surface area (Å²) < 4.78 is 5.77. The molecule has 3 aromatic carbocycles. The molecule has 0 radical (unpaired) electrons. The van der Waals surface area contributed by atoms with Crippen molar-refractivity contribution in [1.29, 1.82) is 0 Å². The fourth-order valence-corrected chi connectivity index (χ4v) is 8.38. The number of amides is 4. The summed E-state index contributed by atoms with van der Waals surface area (Å²) in [7, 11) is 3.16. The summed E-state index contributed by atoms with van der Waals surface area (Å²) in [5, 5.41) is 3.43. The van der Waals surface area contributed by atoms with Crippen LogP contribution in [0.2, 0.25) is 0 Å². The minimum atomic E-state index is -0.865. The van der Waals surface area contributed by atoms with Crippen LogP contribution in [0.1, 0.15) is 76.3 Å². The van der Waals surface area contributed by atoms with Crippen molar-refractivity contribution in [2.24, 2.45) is 0 Å². The van der Waals surface area contributed by atoms with Crippen LogP contribution in [0.25, 0.3) is 11.1 Å². The monoisotopic (exact) mass is 717 g/mol. The highest BCUT2D eigenvalue weighted by molar-refractivity contribution is 8.77. The number of nitrogens with one attached hydrogen (secondary N) is 1. The number of fused-ring (bicyclic) bond motifs is 3. The number of hydrogen-bond donors (Lipinski definition) is 1. The minimum absolute atomic E-state index is 0.0307. The number of imide groups is 1. The van der Waals surface area contributed by atoms with Crippen LogP contribution in [0.4, 0.5) is 10.5 Å². The molecule has 0 bridgehead atoms. The number of nitrogens with zero attached hydrogens (tertiary/aromatic N) is 2. The number of unbranched alkanes of at least 4 members (excludes halogenated alkanes) is 2. The van der Waals surface area contributed by atoms with Crippen molar-refractivity contribution in [3.63, 3.8) is 0 Å². The molecule has 3 aromatic rings. The van der Waals surface area contributed by atoms with Crippen molar-refractivity contribution < 1.29 is 33.5 Å². The summed E-state index contributed by atoms with van der Waals surface area (Å²) in [6.07, 6.45) is 1.06. The number of hydrogen-bond acceptors (Lipinski definition) is 9. The summed E-state index contributed by atoms with van der Waals surface area (Å²) in [6, 6.07) is 24.7. The van der Waals surface area contributed by atoms with Gasteiger partial charge in [-0.2, -0.15) is 0 Å². The van der Waals surface area contributed by atoms with Crippen LogP contribution < -0.4 is 10.2 Å². The number of anilines is 1. The average molecular weight is 718 g/mol. The van der Waals surface area contributed by atoms with E-state index in [-0.39, 0.29) is 42.4 Å². The smallest absolute Gasteiger partial charge is 0.407 e. The molecule has 0 spiro atoms. The molecule has 0 aromatic heterocycles. The van der Waals surface area contributed by atoms with Crippen LogP contribution in [0.5, 0.6) is 0 Å². The lowest BCUT2D eigenvalue weighted by atomic mass is 9.98. The van der Waals surface area contributed by atoms with E-state index in [9.17, 15) is 24.0 Å². The average Bonchev–Trinajstić information content (AvgIpc) is 3.59.